The van der Waals surface area contributed by atoms with Gasteiger partial charge in [0.05, 0.1) is 5.75 Å². The van der Waals surface area contributed by atoms with E-state index in [2.05, 4.69) is 15.9 Å². The number of benzene rings is 2. The predicted molar refractivity (Wildman–Crippen MR) is 79.9 cm³/mol. The summed E-state index contributed by atoms with van der Waals surface area (Å²) in [5.41, 5.74) is 0.607. The summed E-state index contributed by atoms with van der Waals surface area (Å²) < 4.78 is 27.2. The highest BCUT2D eigenvalue weighted by atomic mass is 79.9. The van der Waals surface area contributed by atoms with Crippen LogP contribution in [-0.4, -0.2) is 11.5 Å². The van der Waals surface area contributed by atoms with Gasteiger partial charge in [0.15, 0.2) is 0 Å². The second-order valence-corrected chi connectivity index (χ2v) is 6.15. The van der Waals surface area contributed by atoms with Crippen LogP contribution in [0.15, 0.2) is 51.8 Å². The van der Waals surface area contributed by atoms with Crippen LogP contribution in [0.5, 0.6) is 0 Å². The summed E-state index contributed by atoms with van der Waals surface area (Å²) >= 11 is 4.33. The van der Waals surface area contributed by atoms with Gasteiger partial charge in [0.2, 0.25) is 0 Å². The molecule has 0 aromatic heterocycles. The molecule has 104 valence electrons. The minimum absolute atomic E-state index is 0.0734. The minimum Gasteiger partial charge on any atom is -0.298 e. The molecule has 2 rings (SSSR count). The highest BCUT2D eigenvalue weighted by molar-refractivity contribution is 9.10. The van der Waals surface area contributed by atoms with Gasteiger partial charge in [0, 0.05) is 15.8 Å². The summed E-state index contributed by atoms with van der Waals surface area (Å²) in [6, 6.07) is 10.7. The summed E-state index contributed by atoms with van der Waals surface area (Å²) in [4.78, 5) is 12.3. The third-order valence-corrected chi connectivity index (χ3v) is 4.12. The number of halogens is 3. The quantitative estimate of drug-likeness (QED) is 0.726. The monoisotopic (exact) mass is 356 g/mol. The van der Waals surface area contributed by atoms with Crippen LogP contribution < -0.4 is 0 Å². The Morgan fingerprint density at radius 3 is 2.60 bits per heavy atom. The Morgan fingerprint density at radius 1 is 1.15 bits per heavy atom. The zero-order valence-corrected chi connectivity index (χ0v) is 12.8. The van der Waals surface area contributed by atoms with Crippen molar-refractivity contribution in [3.8, 4) is 0 Å². The van der Waals surface area contributed by atoms with E-state index >= 15 is 0 Å². The Bertz CT molecular complexity index is 611. The van der Waals surface area contributed by atoms with Crippen molar-refractivity contribution in [3.63, 3.8) is 0 Å². The fourth-order valence-corrected chi connectivity index (χ4v) is 3.02. The number of hydrogen-bond donors (Lipinski definition) is 0. The van der Waals surface area contributed by atoms with Crippen LogP contribution in [0.25, 0.3) is 0 Å². The number of hydrogen-bond acceptors (Lipinski definition) is 2. The van der Waals surface area contributed by atoms with Crippen molar-refractivity contribution in [3.05, 3.63) is 64.1 Å². The average Bonchev–Trinajstić information content (AvgIpc) is 2.36. The van der Waals surface area contributed by atoms with Crippen LogP contribution in [-0.2, 0) is 11.2 Å². The van der Waals surface area contributed by atoms with Gasteiger partial charge in [-0.15, -0.1) is 11.8 Å². The maximum Gasteiger partial charge on any atom is 0.147 e. The van der Waals surface area contributed by atoms with Crippen LogP contribution in [0, 0.1) is 11.6 Å². The molecule has 0 amide bonds. The number of rotatable bonds is 5. The van der Waals surface area contributed by atoms with Gasteiger partial charge in [0.25, 0.3) is 0 Å². The van der Waals surface area contributed by atoms with E-state index in [9.17, 15) is 13.6 Å². The lowest BCUT2D eigenvalue weighted by Crippen LogP contribution is -2.06. The van der Waals surface area contributed by atoms with Gasteiger partial charge >= 0.3 is 0 Å². The molecular formula is C15H11BrF2OS. The largest absolute Gasteiger partial charge is 0.298 e. The number of carbonyl (C=O) groups is 1. The SMILES string of the molecule is O=C(CSc1ccccc1F)Cc1cc(F)cc(Br)c1. The smallest absolute Gasteiger partial charge is 0.147 e. The Balaban J connectivity index is 1.94. The topological polar surface area (TPSA) is 17.1 Å². The fourth-order valence-electron chi connectivity index (χ4n) is 1.71. The molecule has 0 atom stereocenters. The van der Waals surface area contributed by atoms with E-state index in [1.54, 1.807) is 24.3 Å². The lowest BCUT2D eigenvalue weighted by molar-refractivity contribution is -0.116. The van der Waals surface area contributed by atoms with Gasteiger partial charge in [-0.25, -0.2) is 8.78 Å². The zero-order valence-electron chi connectivity index (χ0n) is 10.4. The van der Waals surface area contributed by atoms with E-state index in [-0.39, 0.29) is 29.6 Å². The van der Waals surface area contributed by atoms with Crippen molar-refractivity contribution < 1.29 is 13.6 Å². The van der Waals surface area contributed by atoms with Crippen molar-refractivity contribution in [2.75, 3.05) is 5.75 Å². The lowest BCUT2D eigenvalue weighted by atomic mass is 10.1. The molecule has 0 aliphatic rings. The molecule has 0 heterocycles. The van der Waals surface area contributed by atoms with Gasteiger partial charge in [-0.2, -0.15) is 0 Å². The molecule has 0 saturated heterocycles. The van der Waals surface area contributed by atoms with Gasteiger partial charge in [-0.3, -0.25) is 4.79 Å². The van der Waals surface area contributed by atoms with E-state index in [0.29, 0.717) is 14.9 Å². The summed E-state index contributed by atoms with van der Waals surface area (Å²) in [6.45, 7) is 0. The molecule has 0 radical (unpaired) electrons. The third kappa shape index (κ3) is 4.42. The highest BCUT2D eigenvalue weighted by Gasteiger charge is 2.09. The standard InChI is InChI=1S/C15H11BrF2OS/c16-11-5-10(6-12(17)8-11)7-13(19)9-20-15-4-2-1-3-14(15)18/h1-6,8H,7,9H2. The number of Topliss-reactive ketones (excluding diaryl/α,β-unsaturated/α-hetero) is 1. The number of carbonyl (C=O) groups excluding carboxylic acids is 1. The van der Waals surface area contributed by atoms with Crippen LogP contribution >= 0.6 is 27.7 Å². The fraction of sp³-hybridized carbons (Fsp3) is 0.133. The van der Waals surface area contributed by atoms with Crippen LogP contribution in [0.2, 0.25) is 0 Å². The molecule has 20 heavy (non-hydrogen) atoms. The van der Waals surface area contributed by atoms with Gasteiger partial charge in [-0.1, -0.05) is 28.1 Å². The van der Waals surface area contributed by atoms with Crippen molar-refractivity contribution in [1.29, 1.82) is 0 Å². The molecule has 1 nitrogen and oxygen atoms in total. The van der Waals surface area contributed by atoms with Crippen molar-refractivity contribution in [1.82, 2.24) is 0 Å². The molecular weight excluding hydrogens is 346 g/mol. The minimum atomic E-state index is -0.385. The van der Waals surface area contributed by atoms with Crippen molar-refractivity contribution >= 4 is 33.5 Å². The molecule has 0 unspecified atom stereocenters. The maximum atomic E-state index is 13.4. The van der Waals surface area contributed by atoms with Gasteiger partial charge in [-0.05, 0) is 35.9 Å². The van der Waals surface area contributed by atoms with Crippen LogP contribution in [0.4, 0.5) is 8.78 Å². The maximum absolute atomic E-state index is 13.4. The van der Waals surface area contributed by atoms with E-state index in [4.69, 9.17) is 0 Å². The normalized spacial score (nSPS) is 10.6. The molecule has 0 aliphatic carbocycles. The predicted octanol–water partition coefficient (Wildman–Crippen LogP) is 4.63. The first-order valence-electron chi connectivity index (χ1n) is 5.88. The molecule has 0 aliphatic heterocycles. The molecule has 0 N–H and O–H groups in total. The molecule has 2 aromatic carbocycles. The van der Waals surface area contributed by atoms with Gasteiger partial charge < -0.3 is 0 Å². The molecule has 2 aromatic rings. The second kappa shape index (κ2) is 6.99. The molecule has 5 heteroatoms. The highest BCUT2D eigenvalue weighted by Crippen LogP contribution is 2.22. The second-order valence-electron chi connectivity index (χ2n) is 4.21. The van der Waals surface area contributed by atoms with Crippen LogP contribution in [0.1, 0.15) is 5.56 Å². The molecule has 0 spiro atoms. The zero-order chi connectivity index (χ0) is 14.5. The molecule has 0 fully saturated rings. The molecule has 0 saturated carbocycles. The van der Waals surface area contributed by atoms with E-state index in [1.165, 1.54) is 18.2 Å². The number of ketones is 1. The van der Waals surface area contributed by atoms with Gasteiger partial charge in [0.1, 0.15) is 17.4 Å². The average molecular weight is 357 g/mol. The summed E-state index contributed by atoms with van der Waals surface area (Å²) in [5.74, 6) is -0.631. The Labute approximate surface area is 128 Å². The lowest BCUT2D eigenvalue weighted by Gasteiger charge is -2.04. The number of thioether (sulfide) groups is 1. The van der Waals surface area contributed by atoms with Crippen LogP contribution in [0.3, 0.4) is 0 Å². The summed E-state index contributed by atoms with van der Waals surface area (Å²) in [7, 11) is 0. The van der Waals surface area contributed by atoms with E-state index in [1.807, 2.05) is 0 Å². The van der Waals surface area contributed by atoms with E-state index < -0.39 is 0 Å². The first-order chi connectivity index (χ1) is 9.54. The van der Waals surface area contributed by atoms with E-state index in [0.717, 1.165) is 11.8 Å². The first-order valence-corrected chi connectivity index (χ1v) is 7.66. The van der Waals surface area contributed by atoms with Crippen molar-refractivity contribution in [2.24, 2.45) is 0 Å². The molecule has 0 bridgehead atoms. The summed E-state index contributed by atoms with van der Waals surface area (Å²) in [5, 5.41) is 0. The van der Waals surface area contributed by atoms with Crippen molar-refractivity contribution in [2.45, 2.75) is 11.3 Å². The summed E-state index contributed by atoms with van der Waals surface area (Å²) in [6.07, 6.45) is 0.137. The Morgan fingerprint density at radius 2 is 1.90 bits per heavy atom. The Kier molecular flexibility index (Phi) is 5.31. The third-order valence-electron chi connectivity index (χ3n) is 2.55. The Hall–Kier alpha value is -1.20. The first kappa shape index (κ1) is 15.2.